The summed E-state index contributed by atoms with van der Waals surface area (Å²) in [6.45, 7) is 1.08. The van der Waals surface area contributed by atoms with Gasteiger partial charge in [0, 0.05) is 37.8 Å². The fourth-order valence-electron chi connectivity index (χ4n) is 3.07. The maximum atomic E-state index is 13.1. The Morgan fingerprint density at radius 1 is 0.964 bits per heavy atom. The maximum Gasteiger partial charge on any atom is 0.253 e. The summed E-state index contributed by atoms with van der Waals surface area (Å²) >= 11 is 3.33. The summed E-state index contributed by atoms with van der Waals surface area (Å²) in [5, 5.41) is 0. The average molecular weight is 469 g/mol. The van der Waals surface area contributed by atoms with Gasteiger partial charge in [0.15, 0.2) is 0 Å². The predicted molar refractivity (Wildman–Crippen MR) is 108 cm³/mol. The van der Waals surface area contributed by atoms with Gasteiger partial charge in [0.1, 0.15) is 16.4 Å². The van der Waals surface area contributed by atoms with Crippen molar-refractivity contribution >= 4 is 31.9 Å². The SMILES string of the molecule is COc1cc(OC)c(S(=O)(=O)N2CCN(C(=O)c3ccccc3)CC2)cc1Br. The van der Waals surface area contributed by atoms with Crippen LogP contribution in [0.4, 0.5) is 0 Å². The third-order valence-corrected chi connectivity index (χ3v) is 7.14. The third kappa shape index (κ3) is 4.01. The standard InChI is InChI=1S/C19H21BrN2O5S/c1-26-16-13-17(27-2)18(12-15(16)20)28(24,25)22-10-8-21(9-11-22)19(23)14-6-4-3-5-7-14/h3-7,12-13H,8-11H2,1-2H3. The molecule has 1 aliphatic rings. The Morgan fingerprint density at radius 2 is 1.57 bits per heavy atom. The third-order valence-electron chi connectivity index (χ3n) is 4.60. The van der Waals surface area contributed by atoms with Gasteiger partial charge in [0.2, 0.25) is 10.0 Å². The van der Waals surface area contributed by atoms with E-state index in [1.54, 1.807) is 17.0 Å². The molecule has 0 bridgehead atoms. The molecule has 1 amide bonds. The number of methoxy groups -OCH3 is 2. The summed E-state index contributed by atoms with van der Waals surface area (Å²) in [6, 6.07) is 12.0. The molecule has 3 rings (SSSR count). The molecule has 0 aromatic heterocycles. The topological polar surface area (TPSA) is 76.2 Å². The average Bonchev–Trinajstić information content (AvgIpc) is 2.73. The molecule has 0 unspecified atom stereocenters. The van der Waals surface area contributed by atoms with Crippen LogP contribution >= 0.6 is 15.9 Å². The van der Waals surface area contributed by atoms with Gasteiger partial charge in [0.25, 0.3) is 5.91 Å². The first-order valence-corrected chi connectivity index (χ1v) is 10.9. The van der Waals surface area contributed by atoms with Crippen LogP contribution in [-0.2, 0) is 10.0 Å². The highest BCUT2D eigenvalue weighted by molar-refractivity contribution is 9.10. The first kappa shape index (κ1) is 20.6. The summed E-state index contributed by atoms with van der Waals surface area (Å²) in [5.41, 5.74) is 0.597. The lowest BCUT2D eigenvalue weighted by atomic mass is 10.2. The number of hydrogen-bond donors (Lipinski definition) is 0. The Labute approximate surface area is 173 Å². The Balaban J connectivity index is 1.78. The molecule has 2 aromatic rings. The number of carbonyl (C=O) groups is 1. The Kier molecular flexibility index (Phi) is 6.26. The molecule has 0 spiro atoms. The van der Waals surface area contributed by atoms with Crippen molar-refractivity contribution in [2.24, 2.45) is 0 Å². The van der Waals surface area contributed by atoms with Gasteiger partial charge in [-0.05, 0) is 34.1 Å². The van der Waals surface area contributed by atoms with Crippen molar-refractivity contribution in [3.8, 4) is 11.5 Å². The molecule has 1 fully saturated rings. The van der Waals surface area contributed by atoms with Crippen LogP contribution in [0.2, 0.25) is 0 Å². The number of hydrogen-bond acceptors (Lipinski definition) is 5. The Hall–Kier alpha value is -2.10. The second-order valence-corrected chi connectivity index (χ2v) is 8.96. The molecule has 1 aliphatic heterocycles. The van der Waals surface area contributed by atoms with Crippen LogP contribution in [0.15, 0.2) is 51.8 Å². The van der Waals surface area contributed by atoms with E-state index < -0.39 is 10.0 Å². The molecule has 7 nitrogen and oxygen atoms in total. The van der Waals surface area contributed by atoms with Crippen molar-refractivity contribution in [3.63, 3.8) is 0 Å². The van der Waals surface area contributed by atoms with E-state index in [1.165, 1.54) is 30.7 Å². The zero-order valence-electron chi connectivity index (χ0n) is 15.6. The van der Waals surface area contributed by atoms with Crippen molar-refractivity contribution in [3.05, 3.63) is 52.5 Å². The summed E-state index contributed by atoms with van der Waals surface area (Å²) in [4.78, 5) is 14.3. The lowest BCUT2D eigenvalue weighted by molar-refractivity contribution is 0.0698. The molecule has 1 saturated heterocycles. The molecule has 0 radical (unpaired) electrons. The molecule has 150 valence electrons. The fraction of sp³-hybridized carbons (Fsp3) is 0.316. The van der Waals surface area contributed by atoms with Crippen molar-refractivity contribution in [2.75, 3.05) is 40.4 Å². The smallest absolute Gasteiger partial charge is 0.253 e. The number of amides is 1. The van der Waals surface area contributed by atoms with Crippen LogP contribution in [0.5, 0.6) is 11.5 Å². The highest BCUT2D eigenvalue weighted by Gasteiger charge is 2.33. The Bertz CT molecular complexity index is 958. The van der Waals surface area contributed by atoms with Crippen LogP contribution in [0, 0.1) is 0 Å². The first-order valence-electron chi connectivity index (χ1n) is 8.64. The minimum Gasteiger partial charge on any atom is -0.495 e. The summed E-state index contributed by atoms with van der Waals surface area (Å²) in [5.74, 6) is 0.597. The first-order chi connectivity index (χ1) is 13.4. The quantitative estimate of drug-likeness (QED) is 0.673. The minimum absolute atomic E-state index is 0.0607. The molecular formula is C19H21BrN2O5S. The van der Waals surface area contributed by atoms with E-state index in [9.17, 15) is 13.2 Å². The lowest BCUT2D eigenvalue weighted by Gasteiger charge is -2.34. The molecule has 1 heterocycles. The molecule has 2 aromatic carbocycles. The Morgan fingerprint density at radius 3 is 2.14 bits per heavy atom. The lowest BCUT2D eigenvalue weighted by Crippen LogP contribution is -2.50. The molecule has 0 aliphatic carbocycles. The molecule has 28 heavy (non-hydrogen) atoms. The highest BCUT2D eigenvalue weighted by Crippen LogP contribution is 2.36. The van der Waals surface area contributed by atoms with Crippen molar-refractivity contribution in [2.45, 2.75) is 4.90 Å². The van der Waals surface area contributed by atoms with E-state index in [0.717, 1.165) is 0 Å². The normalized spacial score (nSPS) is 15.3. The number of rotatable bonds is 5. The second-order valence-electron chi connectivity index (χ2n) is 6.20. The van der Waals surface area contributed by atoms with E-state index in [0.29, 0.717) is 28.9 Å². The molecule has 0 saturated carbocycles. The van der Waals surface area contributed by atoms with E-state index in [1.807, 2.05) is 18.2 Å². The molecule has 0 N–H and O–H groups in total. The van der Waals surface area contributed by atoms with E-state index in [4.69, 9.17) is 9.47 Å². The van der Waals surface area contributed by atoms with Crippen LogP contribution < -0.4 is 9.47 Å². The molecule has 0 atom stereocenters. The van der Waals surface area contributed by atoms with E-state index in [2.05, 4.69) is 15.9 Å². The van der Waals surface area contributed by atoms with Gasteiger partial charge in [-0.2, -0.15) is 4.31 Å². The summed E-state index contributed by atoms with van der Waals surface area (Å²) in [6.07, 6.45) is 0. The maximum absolute atomic E-state index is 13.1. The number of ether oxygens (including phenoxy) is 2. The summed E-state index contributed by atoms with van der Waals surface area (Å²) < 4.78 is 38.7. The summed E-state index contributed by atoms with van der Waals surface area (Å²) in [7, 11) is -0.870. The van der Waals surface area contributed by atoms with Crippen molar-refractivity contribution in [1.82, 2.24) is 9.21 Å². The number of halogens is 1. The van der Waals surface area contributed by atoms with Gasteiger partial charge in [-0.3, -0.25) is 4.79 Å². The largest absolute Gasteiger partial charge is 0.495 e. The number of carbonyl (C=O) groups excluding carboxylic acids is 1. The van der Waals surface area contributed by atoms with Gasteiger partial charge in [-0.15, -0.1) is 0 Å². The van der Waals surface area contributed by atoms with Crippen LogP contribution in [0.1, 0.15) is 10.4 Å². The highest BCUT2D eigenvalue weighted by atomic mass is 79.9. The van der Waals surface area contributed by atoms with Gasteiger partial charge in [-0.1, -0.05) is 18.2 Å². The van der Waals surface area contributed by atoms with Crippen molar-refractivity contribution in [1.29, 1.82) is 0 Å². The van der Waals surface area contributed by atoms with E-state index >= 15 is 0 Å². The molecular weight excluding hydrogens is 448 g/mol. The number of sulfonamides is 1. The molecule has 9 heteroatoms. The zero-order valence-corrected chi connectivity index (χ0v) is 18.0. The number of benzene rings is 2. The van der Waals surface area contributed by atoms with Gasteiger partial charge < -0.3 is 14.4 Å². The van der Waals surface area contributed by atoms with Gasteiger partial charge in [0.05, 0.1) is 18.7 Å². The van der Waals surface area contributed by atoms with Gasteiger partial charge >= 0.3 is 0 Å². The van der Waals surface area contributed by atoms with E-state index in [-0.39, 0.29) is 29.6 Å². The van der Waals surface area contributed by atoms with Crippen LogP contribution in [0.25, 0.3) is 0 Å². The number of nitrogens with zero attached hydrogens (tertiary/aromatic N) is 2. The monoisotopic (exact) mass is 468 g/mol. The number of piperazine rings is 1. The van der Waals surface area contributed by atoms with Crippen LogP contribution in [-0.4, -0.2) is 63.9 Å². The van der Waals surface area contributed by atoms with Crippen molar-refractivity contribution < 1.29 is 22.7 Å². The minimum atomic E-state index is -3.78. The van der Waals surface area contributed by atoms with Crippen LogP contribution in [0.3, 0.4) is 0 Å². The zero-order chi connectivity index (χ0) is 20.3. The van der Waals surface area contributed by atoms with Gasteiger partial charge in [-0.25, -0.2) is 8.42 Å². The fourth-order valence-corrected chi connectivity index (χ4v) is 5.31. The second kappa shape index (κ2) is 8.50. The predicted octanol–water partition coefficient (Wildman–Crippen LogP) is 2.61.